The van der Waals surface area contributed by atoms with E-state index in [9.17, 15) is 22.8 Å². The van der Waals surface area contributed by atoms with Gasteiger partial charge in [0.2, 0.25) is 0 Å². The molecule has 0 amide bonds. The lowest BCUT2D eigenvalue weighted by atomic mass is 9.99. The fourth-order valence-corrected chi connectivity index (χ4v) is 1.85. The molecule has 0 N–H and O–H groups in total. The highest BCUT2D eigenvalue weighted by molar-refractivity contribution is 5.97. The Labute approximate surface area is 138 Å². The van der Waals surface area contributed by atoms with E-state index in [0.717, 1.165) is 24.3 Å². The maximum absolute atomic E-state index is 13.2. The van der Waals surface area contributed by atoms with Gasteiger partial charge >= 0.3 is 18.1 Å². The van der Waals surface area contributed by atoms with Crippen molar-refractivity contribution in [3.8, 4) is 0 Å². The summed E-state index contributed by atoms with van der Waals surface area (Å²) in [5.41, 5.74) is -2.80. The van der Waals surface area contributed by atoms with Gasteiger partial charge in [-0.1, -0.05) is 12.1 Å². The standard InChI is InChI=1S/C17H19F3O4/c1-5-23-13(21)10-9-11-7-6-8-12(17(18,19)20)14(11)15(22)24-16(2,3)4/h6-10H,5H2,1-4H3/b10-9+. The molecular weight excluding hydrogens is 325 g/mol. The lowest BCUT2D eigenvalue weighted by molar-refractivity contribution is -0.138. The molecule has 0 radical (unpaired) electrons. The van der Waals surface area contributed by atoms with Gasteiger partial charge in [-0.05, 0) is 45.4 Å². The van der Waals surface area contributed by atoms with Gasteiger partial charge in [0.05, 0.1) is 17.7 Å². The second kappa shape index (κ2) is 7.51. The molecule has 0 spiro atoms. The molecule has 1 rings (SSSR count). The molecule has 0 aliphatic carbocycles. The number of rotatable bonds is 4. The van der Waals surface area contributed by atoms with Crippen LogP contribution in [0.3, 0.4) is 0 Å². The van der Waals surface area contributed by atoms with E-state index in [0.29, 0.717) is 0 Å². The van der Waals surface area contributed by atoms with Crippen molar-refractivity contribution in [2.24, 2.45) is 0 Å². The van der Waals surface area contributed by atoms with Crippen molar-refractivity contribution in [2.75, 3.05) is 6.61 Å². The number of carbonyl (C=O) groups is 2. The van der Waals surface area contributed by atoms with E-state index >= 15 is 0 Å². The van der Waals surface area contributed by atoms with Crippen LogP contribution in [0, 0.1) is 0 Å². The molecular formula is C17H19F3O4. The predicted molar refractivity (Wildman–Crippen MR) is 82.3 cm³/mol. The summed E-state index contributed by atoms with van der Waals surface area (Å²) in [7, 11) is 0. The van der Waals surface area contributed by atoms with Gasteiger partial charge in [0.25, 0.3) is 0 Å². The number of alkyl halides is 3. The van der Waals surface area contributed by atoms with E-state index in [1.54, 1.807) is 27.7 Å². The first-order valence-corrected chi connectivity index (χ1v) is 7.24. The lowest BCUT2D eigenvalue weighted by Gasteiger charge is -2.22. The molecule has 7 heteroatoms. The summed E-state index contributed by atoms with van der Waals surface area (Å²) in [4.78, 5) is 23.6. The van der Waals surface area contributed by atoms with Crippen LogP contribution in [0.4, 0.5) is 13.2 Å². The van der Waals surface area contributed by atoms with Gasteiger partial charge in [-0.25, -0.2) is 9.59 Å². The zero-order valence-corrected chi connectivity index (χ0v) is 13.9. The number of hydrogen-bond donors (Lipinski definition) is 0. The van der Waals surface area contributed by atoms with Crippen LogP contribution in [-0.2, 0) is 20.4 Å². The fraction of sp³-hybridized carbons (Fsp3) is 0.412. The third-order valence-electron chi connectivity index (χ3n) is 2.69. The van der Waals surface area contributed by atoms with Crippen molar-refractivity contribution in [2.45, 2.75) is 39.5 Å². The van der Waals surface area contributed by atoms with Gasteiger partial charge < -0.3 is 9.47 Å². The topological polar surface area (TPSA) is 52.6 Å². The van der Waals surface area contributed by atoms with Crippen molar-refractivity contribution in [1.82, 2.24) is 0 Å². The molecule has 4 nitrogen and oxygen atoms in total. The average Bonchev–Trinajstić information content (AvgIpc) is 2.42. The molecule has 0 saturated carbocycles. The molecule has 0 heterocycles. The van der Waals surface area contributed by atoms with E-state index in [4.69, 9.17) is 4.74 Å². The molecule has 0 saturated heterocycles. The highest BCUT2D eigenvalue weighted by Crippen LogP contribution is 2.34. The van der Waals surface area contributed by atoms with Gasteiger partial charge in [-0.15, -0.1) is 0 Å². The first-order valence-electron chi connectivity index (χ1n) is 7.24. The SMILES string of the molecule is CCOC(=O)/C=C/c1cccc(C(F)(F)F)c1C(=O)OC(C)(C)C. The third-order valence-corrected chi connectivity index (χ3v) is 2.69. The summed E-state index contributed by atoms with van der Waals surface area (Å²) in [5.74, 6) is -1.83. The summed E-state index contributed by atoms with van der Waals surface area (Å²) in [6, 6.07) is 3.24. The second-order valence-electron chi connectivity index (χ2n) is 5.85. The van der Waals surface area contributed by atoms with E-state index in [1.807, 2.05) is 0 Å². The smallest absolute Gasteiger partial charge is 0.417 e. The molecule has 132 valence electrons. The minimum absolute atomic E-state index is 0.0767. The molecule has 0 unspecified atom stereocenters. The van der Waals surface area contributed by atoms with E-state index in [-0.39, 0.29) is 12.2 Å². The number of ether oxygens (including phenoxy) is 2. The van der Waals surface area contributed by atoms with Crippen molar-refractivity contribution in [3.05, 3.63) is 41.0 Å². The Hall–Kier alpha value is -2.31. The maximum atomic E-state index is 13.2. The first kappa shape index (κ1) is 19.7. The minimum Gasteiger partial charge on any atom is -0.463 e. The van der Waals surface area contributed by atoms with E-state index in [2.05, 4.69) is 4.74 Å². The van der Waals surface area contributed by atoms with Crippen LogP contribution in [0.5, 0.6) is 0 Å². The highest BCUT2D eigenvalue weighted by Gasteiger charge is 2.37. The average molecular weight is 344 g/mol. The number of halogens is 3. The number of hydrogen-bond acceptors (Lipinski definition) is 4. The van der Waals surface area contributed by atoms with Crippen molar-refractivity contribution < 1.29 is 32.2 Å². The fourth-order valence-electron chi connectivity index (χ4n) is 1.85. The van der Waals surface area contributed by atoms with Gasteiger partial charge in [-0.3, -0.25) is 0 Å². The molecule has 0 fully saturated rings. The molecule has 0 aliphatic rings. The van der Waals surface area contributed by atoms with E-state index < -0.39 is 34.8 Å². The lowest BCUT2D eigenvalue weighted by Crippen LogP contribution is -2.26. The van der Waals surface area contributed by atoms with Gasteiger partial charge in [0.15, 0.2) is 0 Å². The van der Waals surface area contributed by atoms with Crippen LogP contribution in [0.15, 0.2) is 24.3 Å². The molecule has 0 aromatic heterocycles. The van der Waals surface area contributed by atoms with Crippen molar-refractivity contribution >= 4 is 18.0 Å². The Morgan fingerprint density at radius 2 is 1.79 bits per heavy atom. The summed E-state index contributed by atoms with van der Waals surface area (Å²) in [6.45, 7) is 6.38. The molecule has 0 bridgehead atoms. The van der Waals surface area contributed by atoms with Gasteiger partial charge in [-0.2, -0.15) is 13.2 Å². The van der Waals surface area contributed by atoms with Crippen LogP contribution in [0.2, 0.25) is 0 Å². The third kappa shape index (κ3) is 5.72. The largest absolute Gasteiger partial charge is 0.463 e. The zero-order chi connectivity index (χ0) is 18.5. The molecule has 1 aromatic carbocycles. The zero-order valence-electron chi connectivity index (χ0n) is 13.9. The Morgan fingerprint density at radius 1 is 1.17 bits per heavy atom. The van der Waals surface area contributed by atoms with Gasteiger partial charge in [0, 0.05) is 6.08 Å². The quantitative estimate of drug-likeness (QED) is 0.606. The summed E-state index contributed by atoms with van der Waals surface area (Å²) in [6.07, 6.45) is -2.67. The second-order valence-corrected chi connectivity index (χ2v) is 5.85. The van der Waals surface area contributed by atoms with Crippen LogP contribution in [0.25, 0.3) is 6.08 Å². The predicted octanol–water partition coefficient (Wildman–Crippen LogP) is 4.24. The van der Waals surface area contributed by atoms with Crippen LogP contribution in [0.1, 0.15) is 49.2 Å². The Morgan fingerprint density at radius 3 is 2.29 bits per heavy atom. The Balaban J connectivity index is 3.38. The molecule has 0 aliphatic heterocycles. The minimum atomic E-state index is -4.74. The summed E-state index contributed by atoms with van der Waals surface area (Å²) in [5, 5.41) is 0. The molecule has 0 atom stereocenters. The normalized spacial score (nSPS) is 12.3. The van der Waals surface area contributed by atoms with Crippen LogP contribution < -0.4 is 0 Å². The number of esters is 2. The summed E-state index contributed by atoms with van der Waals surface area (Å²) >= 11 is 0. The van der Waals surface area contributed by atoms with E-state index in [1.165, 1.54) is 6.07 Å². The number of benzene rings is 1. The van der Waals surface area contributed by atoms with Crippen molar-refractivity contribution in [1.29, 1.82) is 0 Å². The summed E-state index contributed by atoms with van der Waals surface area (Å²) < 4.78 is 49.4. The highest BCUT2D eigenvalue weighted by atomic mass is 19.4. The monoisotopic (exact) mass is 344 g/mol. The van der Waals surface area contributed by atoms with Crippen LogP contribution in [-0.4, -0.2) is 24.1 Å². The Bertz CT molecular complexity index is 640. The van der Waals surface area contributed by atoms with Crippen LogP contribution >= 0.6 is 0 Å². The maximum Gasteiger partial charge on any atom is 0.417 e. The number of carbonyl (C=O) groups excluding carboxylic acids is 2. The van der Waals surface area contributed by atoms with Crippen molar-refractivity contribution in [3.63, 3.8) is 0 Å². The molecule has 1 aromatic rings. The Kier molecular flexibility index (Phi) is 6.17. The van der Waals surface area contributed by atoms with Gasteiger partial charge in [0.1, 0.15) is 5.60 Å². The molecule has 24 heavy (non-hydrogen) atoms. The first-order chi connectivity index (χ1) is 11.0.